The molecule has 7 nitrogen and oxygen atoms in total. The topological polar surface area (TPSA) is 77.2 Å². The van der Waals surface area contributed by atoms with Crippen molar-refractivity contribution in [2.45, 2.75) is 31.9 Å². The lowest BCUT2D eigenvalue weighted by atomic mass is 9.96. The Kier molecular flexibility index (Phi) is 5.52. The molecular formula is C19H19F2N5O2. The molecular weight excluding hydrogens is 368 g/mol. The van der Waals surface area contributed by atoms with Gasteiger partial charge in [0.05, 0.1) is 12.4 Å². The van der Waals surface area contributed by atoms with E-state index in [0.29, 0.717) is 18.3 Å². The number of rotatable bonds is 6. The lowest BCUT2D eigenvalue weighted by molar-refractivity contribution is -0.0508. The quantitative estimate of drug-likeness (QED) is 0.640. The van der Waals surface area contributed by atoms with E-state index in [-0.39, 0.29) is 11.7 Å². The number of likely N-dealkylation sites (tertiary alicyclic amines) is 1. The number of hydrogen-bond acceptors (Lipinski definition) is 7. The zero-order valence-electron chi connectivity index (χ0n) is 15.0. The molecule has 1 fully saturated rings. The lowest BCUT2D eigenvalue weighted by Gasteiger charge is -2.30. The Hall–Kier alpha value is -2.94. The fourth-order valence-corrected chi connectivity index (χ4v) is 3.37. The number of para-hydroxylation sites is 1. The van der Waals surface area contributed by atoms with E-state index in [2.05, 4.69) is 30.0 Å². The van der Waals surface area contributed by atoms with E-state index in [0.717, 1.165) is 37.1 Å². The molecule has 9 heteroatoms. The maximum atomic E-state index is 12.6. The predicted molar refractivity (Wildman–Crippen MR) is 95.7 cm³/mol. The van der Waals surface area contributed by atoms with Crippen molar-refractivity contribution in [2.24, 2.45) is 0 Å². The van der Waals surface area contributed by atoms with Crippen LogP contribution in [0.1, 0.15) is 30.2 Å². The van der Waals surface area contributed by atoms with Gasteiger partial charge in [0.15, 0.2) is 0 Å². The second-order valence-corrected chi connectivity index (χ2v) is 6.62. The molecule has 0 unspecified atom stereocenters. The molecule has 2 aromatic heterocycles. The van der Waals surface area contributed by atoms with E-state index >= 15 is 0 Å². The van der Waals surface area contributed by atoms with Crippen molar-refractivity contribution >= 4 is 0 Å². The SMILES string of the molecule is FC(F)Oc1ccccc1CN1CCC(c2nc(-c3ccnnc3)no2)CC1. The number of piperidine rings is 1. The zero-order valence-corrected chi connectivity index (χ0v) is 15.0. The molecule has 1 aliphatic heterocycles. The molecule has 1 aromatic carbocycles. The smallest absolute Gasteiger partial charge is 0.387 e. The number of aromatic nitrogens is 4. The normalized spacial score (nSPS) is 15.8. The summed E-state index contributed by atoms with van der Waals surface area (Å²) in [5.74, 6) is 1.53. The predicted octanol–water partition coefficient (Wildman–Crippen LogP) is 3.51. The van der Waals surface area contributed by atoms with Crippen LogP contribution in [-0.4, -0.2) is 44.9 Å². The van der Waals surface area contributed by atoms with Gasteiger partial charge in [0.1, 0.15) is 5.75 Å². The molecule has 146 valence electrons. The van der Waals surface area contributed by atoms with Crippen LogP contribution in [-0.2, 0) is 6.54 Å². The number of alkyl halides is 2. The van der Waals surface area contributed by atoms with Crippen LogP contribution in [0.15, 0.2) is 47.2 Å². The van der Waals surface area contributed by atoms with Gasteiger partial charge in [-0.25, -0.2) is 0 Å². The first-order valence-electron chi connectivity index (χ1n) is 9.05. The summed E-state index contributed by atoms with van der Waals surface area (Å²) in [4.78, 5) is 6.71. The van der Waals surface area contributed by atoms with Crippen LogP contribution in [0.25, 0.3) is 11.4 Å². The van der Waals surface area contributed by atoms with Gasteiger partial charge in [0.25, 0.3) is 0 Å². The molecule has 1 aliphatic rings. The molecule has 0 bridgehead atoms. The monoisotopic (exact) mass is 387 g/mol. The maximum Gasteiger partial charge on any atom is 0.387 e. The van der Waals surface area contributed by atoms with Gasteiger partial charge in [-0.15, -0.1) is 0 Å². The molecule has 0 N–H and O–H groups in total. The van der Waals surface area contributed by atoms with Crippen LogP contribution in [0.4, 0.5) is 8.78 Å². The molecule has 0 saturated carbocycles. The minimum absolute atomic E-state index is 0.180. The zero-order chi connectivity index (χ0) is 19.3. The number of halogens is 2. The van der Waals surface area contributed by atoms with Gasteiger partial charge >= 0.3 is 6.61 Å². The fourth-order valence-electron chi connectivity index (χ4n) is 3.37. The number of nitrogens with zero attached hydrogens (tertiary/aromatic N) is 5. The molecule has 4 rings (SSSR count). The second-order valence-electron chi connectivity index (χ2n) is 6.62. The van der Waals surface area contributed by atoms with Gasteiger partial charge in [-0.3, -0.25) is 4.90 Å². The van der Waals surface area contributed by atoms with E-state index in [1.54, 1.807) is 30.6 Å². The lowest BCUT2D eigenvalue weighted by Crippen LogP contribution is -2.32. The average Bonchev–Trinajstić information content (AvgIpc) is 3.21. The van der Waals surface area contributed by atoms with Crippen LogP contribution in [0, 0.1) is 0 Å². The highest BCUT2D eigenvalue weighted by atomic mass is 19.3. The highest BCUT2D eigenvalue weighted by Crippen LogP contribution is 2.30. The second kappa shape index (κ2) is 8.39. The molecule has 0 aliphatic carbocycles. The Labute approximate surface area is 160 Å². The van der Waals surface area contributed by atoms with Crippen LogP contribution < -0.4 is 4.74 Å². The number of benzene rings is 1. The van der Waals surface area contributed by atoms with Gasteiger partial charge in [-0.1, -0.05) is 23.4 Å². The maximum absolute atomic E-state index is 12.6. The Morgan fingerprint density at radius 1 is 1.14 bits per heavy atom. The summed E-state index contributed by atoms with van der Waals surface area (Å²) in [7, 11) is 0. The molecule has 0 atom stereocenters. The van der Waals surface area contributed by atoms with Crippen LogP contribution in [0.3, 0.4) is 0 Å². The summed E-state index contributed by atoms with van der Waals surface area (Å²) < 4.78 is 35.2. The van der Waals surface area contributed by atoms with Crippen LogP contribution in [0.5, 0.6) is 5.75 Å². The Morgan fingerprint density at radius 2 is 1.96 bits per heavy atom. The van der Waals surface area contributed by atoms with Crippen LogP contribution in [0.2, 0.25) is 0 Å². The van der Waals surface area contributed by atoms with E-state index in [9.17, 15) is 8.78 Å². The third-order valence-corrected chi connectivity index (χ3v) is 4.80. The largest absolute Gasteiger partial charge is 0.434 e. The molecule has 0 spiro atoms. The van der Waals surface area contributed by atoms with E-state index in [1.807, 2.05) is 12.1 Å². The summed E-state index contributed by atoms with van der Waals surface area (Å²) in [6.07, 6.45) is 4.89. The van der Waals surface area contributed by atoms with Crippen molar-refractivity contribution in [2.75, 3.05) is 13.1 Å². The third kappa shape index (κ3) is 4.30. The minimum atomic E-state index is -2.82. The van der Waals surface area contributed by atoms with Crippen molar-refractivity contribution < 1.29 is 18.0 Å². The molecule has 28 heavy (non-hydrogen) atoms. The number of hydrogen-bond donors (Lipinski definition) is 0. The van der Waals surface area contributed by atoms with Crippen molar-refractivity contribution in [3.8, 4) is 17.1 Å². The molecule has 0 radical (unpaired) electrons. The van der Waals surface area contributed by atoms with E-state index in [1.165, 1.54) is 0 Å². The molecule has 3 heterocycles. The molecule has 3 aromatic rings. The van der Waals surface area contributed by atoms with Crippen LogP contribution >= 0.6 is 0 Å². The van der Waals surface area contributed by atoms with Crippen molar-refractivity contribution in [1.82, 2.24) is 25.2 Å². The third-order valence-electron chi connectivity index (χ3n) is 4.80. The molecule has 0 amide bonds. The van der Waals surface area contributed by atoms with Gasteiger partial charge in [-0.05, 0) is 38.1 Å². The summed E-state index contributed by atoms with van der Waals surface area (Å²) in [5.41, 5.74) is 1.52. The summed E-state index contributed by atoms with van der Waals surface area (Å²) in [6.45, 7) is -0.646. The first-order valence-corrected chi connectivity index (χ1v) is 9.05. The first kappa shape index (κ1) is 18.4. The Morgan fingerprint density at radius 3 is 2.71 bits per heavy atom. The van der Waals surface area contributed by atoms with Crippen molar-refractivity contribution in [3.05, 3.63) is 54.2 Å². The first-order chi connectivity index (χ1) is 13.7. The van der Waals surface area contributed by atoms with Gasteiger partial charge in [-0.2, -0.15) is 24.0 Å². The molecule has 1 saturated heterocycles. The minimum Gasteiger partial charge on any atom is -0.434 e. The summed E-state index contributed by atoms with van der Waals surface area (Å²) in [5, 5.41) is 11.6. The highest BCUT2D eigenvalue weighted by molar-refractivity contribution is 5.51. The average molecular weight is 387 g/mol. The standard InChI is InChI=1S/C19H19F2N5O2/c20-19(21)27-16-4-2-1-3-15(16)12-26-9-6-13(7-10-26)18-24-17(25-28-18)14-5-8-22-23-11-14/h1-5,8,11,13,19H,6-7,9-10,12H2. The van der Waals surface area contributed by atoms with Crippen molar-refractivity contribution in [3.63, 3.8) is 0 Å². The Bertz CT molecular complexity index is 898. The van der Waals surface area contributed by atoms with Gasteiger partial charge in [0.2, 0.25) is 11.7 Å². The van der Waals surface area contributed by atoms with E-state index in [4.69, 9.17) is 4.52 Å². The summed E-state index contributed by atoms with van der Waals surface area (Å²) >= 11 is 0. The summed E-state index contributed by atoms with van der Waals surface area (Å²) in [6, 6.07) is 8.69. The highest BCUT2D eigenvalue weighted by Gasteiger charge is 2.26. The Balaban J connectivity index is 1.36. The van der Waals surface area contributed by atoms with Gasteiger partial charge < -0.3 is 9.26 Å². The number of ether oxygens (including phenoxy) is 1. The van der Waals surface area contributed by atoms with Gasteiger partial charge in [0, 0.05) is 23.6 Å². The fraction of sp³-hybridized carbons (Fsp3) is 0.368. The van der Waals surface area contributed by atoms with E-state index < -0.39 is 6.61 Å². The van der Waals surface area contributed by atoms with Crippen molar-refractivity contribution in [1.29, 1.82) is 0 Å².